The fourth-order valence-corrected chi connectivity index (χ4v) is 2.44. The van der Waals surface area contributed by atoms with Gasteiger partial charge in [0, 0.05) is 18.1 Å². The van der Waals surface area contributed by atoms with Crippen molar-refractivity contribution in [1.82, 2.24) is 9.55 Å². The van der Waals surface area contributed by atoms with Crippen molar-refractivity contribution in [2.24, 2.45) is 0 Å². The van der Waals surface area contributed by atoms with Crippen molar-refractivity contribution in [3.8, 4) is 5.69 Å². The molecule has 21 heavy (non-hydrogen) atoms. The Balaban J connectivity index is 1.57. The summed E-state index contributed by atoms with van der Waals surface area (Å²) in [5, 5.41) is 0. The van der Waals surface area contributed by atoms with Crippen LogP contribution in [0.5, 0.6) is 0 Å². The van der Waals surface area contributed by atoms with Gasteiger partial charge in [0.05, 0.1) is 24.1 Å². The molecule has 0 unspecified atom stereocenters. The minimum atomic E-state index is -0.310. The first-order valence-electron chi connectivity index (χ1n) is 7.13. The van der Waals surface area contributed by atoms with Crippen LogP contribution in [0.15, 0.2) is 43.0 Å². The van der Waals surface area contributed by atoms with Gasteiger partial charge in [-0.2, -0.15) is 0 Å². The summed E-state index contributed by atoms with van der Waals surface area (Å²) < 4.78 is 12.8. The van der Waals surface area contributed by atoms with Crippen LogP contribution < -0.4 is 0 Å². The Hall–Kier alpha value is -2.14. The molecule has 5 nitrogen and oxygen atoms in total. The highest BCUT2D eigenvalue weighted by molar-refractivity contribution is 5.89. The van der Waals surface area contributed by atoms with Gasteiger partial charge in [0.1, 0.15) is 6.61 Å². The molecule has 2 aromatic rings. The van der Waals surface area contributed by atoms with Crippen molar-refractivity contribution in [3.63, 3.8) is 0 Å². The quantitative estimate of drug-likeness (QED) is 0.811. The maximum Gasteiger partial charge on any atom is 0.338 e. The third kappa shape index (κ3) is 3.31. The lowest BCUT2D eigenvalue weighted by molar-refractivity contribution is -0.00265. The molecule has 1 aromatic heterocycles. The van der Waals surface area contributed by atoms with E-state index in [1.165, 1.54) is 0 Å². The molecule has 0 amide bonds. The molecule has 0 aliphatic carbocycles. The minimum absolute atomic E-state index is 0.0363. The summed E-state index contributed by atoms with van der Waals surface area (Å²) in [6, 6.07) is 7.25. The molecule has 5 heteroatoms. The summed E-state index contributed by atoms with van der Waals surface area (Å²) in [5.41, 5.74) is 1.50. The molecule has 0 N–H and O–H groups in total. The van der Waals surface area contributed by atoms with Crippen LogP contribution >= 0.6 is 0 Å². The zero-order valence-electron chi connectivity index (χ0n) is 11.9. The van der Waals surface area contributed by atoms with Gasteiger partial charge in [-0.15, -0.1) is 0 Å². The number of esters is 1. The van der Waals surface area contributed by atoms with Crippen LogP contribution in [-0.4, -0.2) is 34.3 Å². The lowest BCUT2D eigenvalue weighted by atomic mass is 10.2. The van der Waals surface area contributed by atoms with E-state index in [9.17, 15) is 4.79 Å². The summed E-state index contributed by atoms with van der Waals surface area (Å²) in [6.45, 7) is 2.36. The summed E-state index contributed by atoms with van der Waals surface area (Å²) in [7, 11) is 0. The number of rotatable bonds is 4. The zero-order chi connectivity index (χ0) is 14.7. The Morgan fingerprint density at radius 1 is 1.38 bits per heavy atom. The number of aromatic nitrogens is 2. The third-order valence-corrected chi connectivity index (χ3v) is 3.63. The van der Waals surface area contributed by atoms with Gasteiger partial charge in [0.2, 0.25) is 0 Å². The van der Waals surface area contributed by atoms with Crippen LogP contribution in [0.3, 0.4) is 0 Å². The third-order valence-electron chi connectivity index (χ3n) is 3.63. The van der Waals surface area contributed by atoms with Gasteiger partial charge in [0.15, 0.2) is 0 Å². The van der Waals surface area contributed by atoms with Crippen LogP contribution in [0.25, 0.3) is 5.69 Å². The molecular weight excluding hydrogens is 268 g/mol. The Labute approximate surface area is 123 Å². The van der Waals surface area contributed by atoms with Crippen LogP contribution in [0.2, 0.25) is 0 Å². The number of benzene rings is 1. The normalized spacial score (nSPS) is 21.4. The lowest BCUT2D eigenvalue weighted by Crippen LogP contribution is -2.19. The number of carbonyl (C=O) groups excluding carboxylic acids is 1. The molecule has 1 aromatic carbocycles. The van der Waals surface area contributed by atoms with Gasteiger partial charge >= 0.3 is 5.97 Å². The van der Waals surface area contributed by atoms with Crippen molar-refractivity contribution < 1.29 is 14.3 Å². The number of imidazole rings is 1. The molecule has 1 saturated heterocycles. The van der Waals surface area contributed by atoms with Crippen molar-refractivity contribution in [2.75, 3.05) is 6.61 Å². The van der Waals surface area contributed by atoms with E-state index in [0.29, 0.717) is 12.2 Å². The van der Waals surface area contributed by atoms with Gasteiger partial charge < -0.3 is 14.0 Å². The Kier molecular flexibility index (Phi) is 4.01. The molecule has 1 fully saturated rings. The van der Waals surface area contributed by atoms with Crippen LogP contribution in [0, 0.1) is 0 Å². The molecule has 1 aliphatic rings. The highest BCUT2D eigenvalue weighted by Gasteiger charge is 2.23. The molecular formula is C16H18N2O3. The van der Waals surface area contributed by atoms with E-state index >= 15 is 0 Å². The SMILES string of the molecule is C[C@H]1CC[C@@H](COC(=O)c2ccc(-n3ccnc3)cc2)O1. The van der Waals surface area contributed by atoms with Crippen molar-refractivity contribution in [1.29, 1.82) is 0 Å². The largest absolute Gasteiger partial charge is 0.459 e. The zero-order valence-corrected chi connectivity index (χ0v) is 11.9. The fraction of sp³-hybridized carbons (Fsp3) is 0.375. The van der Waals surface area contributed by atoms with Gasteiger partial charge in [0.25, 0.3) is 0 Å². The predicted octanol–water partition coefficient (Wildman–Crippen LogP) is 2.60. The Morgan fingerprint density at radius 3 is 2.81 bits per heavy atom. The lowest BCUT2D eigenvalue weighted by Gasteiger charge is -2.11. The smallest absolute Gasteiger partial charge is 0.338 e. The summed E-state index contributed by atoms with van der Waals surface area (Å²) in [5.74, 6) is -0.310. The average Bonchev–Trinajstić information content (AvgIpc) is 3.16. The van der Waals surface area contributed by atoms with Crippen LogP contribution in [-0.2, 0) is 9.47 Å². The van der Waals surface area contributed by atoms with Crippen LogP contribution in [0.4, 0.5) is 0 Å². The first kappa shape index (κ1) is 13.8. The maximum absolute atomic E-state index is 12.0. The number of hydrogen-bond donors (Lipinski definition) is 0. The average molecular weight is 286 g/mol. The standard InChI is InChI=1S/C16H18N2O3/c1-12-2-7-15(21-12)10-20-16(19)13-3-5-14(6-4-13)18-9-8-17-11-18/h3-6,8-9,11-12,15H,2,7,10H2,1H3/t12-,15-/m0/s1. The number of carbonyl (C=O) groups is 1. The van der Waals surface area contributed by atoms with E-state index in [0.717, 1.165) is 18.5 Å². The molecule has 1 aliphatic heterocycles. The predicted molar refractivity (Wildman–Crippen MR) is 77.4 cm³/mol. The van der Waals surface area contributed by atoms with Crippen molar-refractivity contribution >= 4 is 5.97 Å². The minimum Gasteiger partial charge on any atom is -0.459 e. The molecule has 2 atom stereocenters. The highest BCUT2D eigenvalue weighted by atomic mass is 16.6. The summed E-state index contributed by atoms with van der Waals surface area (Å²) >= 11 is 0. The maximum atomic E-state index is 12.0. The highest BCUT2D eigenvalue weighted by Crippen LogP contribution is 2.19. The molecule has 3 rings (SSSR count). The van der Waals surface area contributed by atoms with E-state index in [4.69, 9.17) is 9.47 Å². The summed E-state index contributed by atoms with van der Waals surface area (Å²) in [4.78, 5) is 16.0. The van der Waals surface area contributed by atoms with E-state index in [2.05, 4.69) is 4.98 Å². The molecule has 0 bridgehead atoms. The fourth-order valence-electron chi connectivity index (χ4n) is 2.44. The van der Waals surface area contributed by atoms with Gasteiger partial charge in [-0.1, -0.05) is 0 Å². The van der Waals surface area contributed by atoms with E-state index in [-0.39, 0.29) is 18.2 Å². The molecule has 0 radical (unpaired) electrons. The Morgan fingerprint density at radius 2 is 2.19 bits per heavy atom. The van der Waals surface area contributed by atoms with E-state index in [1.807, 2.05) is 29.8 Å². The van der Waals surface area contributed by atoms with Gasteiger partial charge in [-0.05, 0) is 44.0 Å². The van der Waals surface area contributed by atoms with Gasteiger partial charge in [-0.3, -0.25) is 0 Å². The summed E-state index contributed by atoms with van der Waals surface area (Å²) in [6.07, 6.45) is 7.57. The first-order valence-corrected chi connectivity index (χ1v) is 7.13. The van der Waals surface area contributed by atoms with Crippen molar-refractivity contribution in [3.05, 3.63) is 48.5 Å². The molecule has 110 valence electrons. The molecule has 0 saturated carbocycles. The molecule has 0 spiro atoms. The second kappa shape index (κ2) is 6.10. The second-order valence-electron chi connectivity index (χ2n) is 5.26. The van der Waals surface area contributed by atoms with E-state index < -0.39 is 0 Å². The number of nitrogens with zero attached hydrogens (tertiary/aromatic N) is 2. The van der Waals surface area contributed by atoms with Gasteiger partial charge in [-0.25, -0.2) is 9.78 Å². The first-order chi connectivity index (χ1) is 10.2. The topological polar surface area (TPSA) is 53.4 Å². The van der Waals surface area contributed by atoms with E-state index in [1.54, 1.807) is 24.7 Å². The van der Waals surface area contributed by atoms with Crippen molar-refractivity contribution in [2.45, 2.75) is 32.0 Å². The number of hydrogen-bond acceptors (Lipinski definition) is 4. The molecule has 2 heterocycles. The second-order valence-corrected chi connectivity index (χ2v) is 5.26. The number of ether oxygens (including phenoxy) is 2. The van der Waals surface area contributed by atoms with Crippen LogP contribution in [0.1, 0.15) is 30.1 Å². The Bertz CT molecular complexity index is 592. The monoisotopic (exact) mass is 286 g/mol.